The van der Waals surface area contributed by atoms with Crippen LogP contribution in [0.2, 0.25) is 0 Å². The molecule has 0 bridgehead atoms. The summed E-state index contributed by atoms with van der Waals surface area (Å²) in [5.74, 6) is 0.875. The molecule has 112 valence electrons. The lowest BCUT2D eigenvalue weighted by molar-refractivity contribution is -0.144. The van der Waals surface area contributed by atoms with Crippen molar-refractivity contribution >= 4 is 5.91 Å². The van der Waals surface area contributed by atoms with Crippen LogP contribution in [0.1, 0.15) is 66.2 Å². The van der Waals surface area contributed by atoms with Gasteiger partial charge in [0.05, 0.1) is 5.41 Å². The number of carbonyl (C=O) groups is 1. The maximum Gasteiger partial charge on any atom is 0.230 e. The third kappa shape index (κ3) is 3.50. The summed E-state index contributed by atoms with van der Waals surface area (Å²) in [5.41, 5.74) is 5.72. The second-order valence-electron chi connectivity index (χ2n) is 6.44. The largest absolute Gasteiger partial charge is 0.339 e. The average molecular weight is 268 g/mol. The van der Waals surface area contributed by atoms with Gasteiger partial charge < -0.3 is 10.6 Å². The fraction of sp³-hybridized carbons (Fsp3) is 0.938. The van der Waals surface area contributed by atoms with E-state index < -0.39 is 0 Å². The van der Waals surface area contributed by atoms with Crippen molar-refractivity contribution in [2.75, 3.05) is 13.1 Å². The van der Waals surface area contributed by atoms with E-state index in [-0.39, 0.29) is 5.41 Å². The van der Waals surface area contributed by atoms with E-state index in [9.17, 15) is 4.79 Å². The van der Waals surface area contributed by atoms with Gasteiger partial charge in [0, 0.05) is 19.1 Å². The van der Waals surface area contributed by atoms with Crippen molar-refractivity contribution in [2.45, 2.75) is 72.3 Å². The van der Waals surface area contributed by atoms with Crippen molar-refractivity contribution in [3.8, 4) is 0 Å². The summed E-state index contributed by atoms with van der Waals surface area (Å²) in [5, 5.41) is 0. The first-order chi connectivity index (χ1) is 9.02. The summed E-state index contributed by atoms with van der Waals surface area (Å²) >= 11 is 0. The van der Waals surface area contributed by atoms with Crippen molar-refractivity contribution in [1.29, 1.82) is 0 Å². The molecule has 0 aromatic carbocycles. The van der Waals surface area contributed by atoms with Crippen LogP contribution in [0.5, 0.6) is 0 Å². The Hall–Kier alpha value is -0.570. The third-order valence-electron chi connectivity index (χ3n) is 4.63. The number of nitrogens with two attached hydrogens (primary N) is 1. The predicted molar refractivity (Wildman–Crippen MR) is 80.9 cm³/mol. The van der Waals surface area contributed by atoms with Gasteiger partial charge in [-0.25, -0.2) is 0 Å². The van der Waals surface area contributed by atoms with Crippen molar-refractivity contribution in [2.24, 2.45) is 17.1 Å². The van der Waals surface area contributed by atoms with Gasteiger partial charge in [-0.2, -0.15) is 0 Å². The van der Waals surface area contributed by atoms with Crippen molar-refractivity contribution in [1.82, 2.24) is 4.90 Å². The standard InChI is InChI=1S/C16H32N2O/c1-5-9-16(12-17,10-6-2)15(19)18-11-7-8-14(18)13(3)4/h13-14H,5-12,17H2,1-4H3. The first kappa shape index (κ1) is 16.5. The number of carbonyl (C=O) groups excluding carboxylic acids is 1. The molecule has 1 heterocycles. The first-order valence-corrected chi connectivity index (χ1v) is 8.03. The maximum atomic E-state index is 13.0. The van der Waals surface area contributed by atoms with Crippen molar-refractivity contribution < 1.29 is 4.79 Å². The van der Waals surface area contributed by atoms with E-state index in [2.05, 4.69) is 32.6 Å². The minimum Gasteiger partial charge on any atom is -0.339 e. The van der Waals surface area contributed by atoms with Crippen LogP contribution in [-0.2, 0) is 4.79 Å². The maximum absolute atomic E-state index is 13.0. The topological polar surface area (TPSA) is 46.3 Å². The molecule has 0 radical (unpaired) electrons. The Morgan fingerprint density at radius 3 is 2.32 bits per heavy atom. The number of likely N-dealkylation sites (tertiary alicyclic amines) is 1. The monoisotopic (exact) mass is 268 g/mol. The van der Waals surface area contributed by atoms with E-state index in [1.807, 2.05) is 0 Å². The number of rotatable bonds is 7. The highest BCUT2D eigenvalue weighted by Gasteiger charge is 2.42. The van der Waals surface area contributed by atoms with E-state index in [1.165, 1.54) is 0 Å². The van der Waals surface area contributed by atoms with Gasteiger partial charge in [-0.15, -0.1) is 0 Å². The van der Waals surface area contributed by atoms with Gasteiger partial charge in [0.2, 0.25) is 5.91 Å². The zero-order valence-electron chi connectivity index (χ0n) is 13.2. The minimum atomic E-state index is -0.305. The molecule has 1 saturated heterocycles. The van der Waals surface area contributed by atoms with Gasteiger partial charge in [0.1, 0.15) is 0 Å². The van der Waals surface area contributed by atoms with Gasteiger partial charge in [-0.3, -0.25) is 4.79 Å². The Morgan fingerprint density at radius 2 is 1.89 bits per heavy atom. The molecule has 3 nitrogen and oxygen atoms in total. The van der Waals surface area contributed by atoms with E-state index in [0.29, 0.717) is 24.4 Å². The molecule has 1 aliphatic rings. The van der Waals surface area contributed by atoms with E-state index in [0.717, 1.165) is 45.1 Å². The Balaban J connectivity index is 2.92. The molecule has 1 atom stereocenters. The molecule has 1 amide bonds. The smallest absolute Gasteiger partial charge is 0.230 e. The number of nitrogens with zero attached hydrogens (tertiary/aromatic N) is 1. The highest BCUT2D eigenvalue weighted by atomic mass is 16.2. The Labute approximate surface area is 118 Å². The Kier molecular flexibility index (Phi) is 6.31. The summed E-state index contributed by atoms with van der Waals surface area (Å²) in [6, 6.07) is 0.423. The van der Waals surface area contributed by atoms with E-state index in [1.54, 1.807) is 0 Å². The lowest BCUT2D eigenvalue weighted by Gasteiger charge is -2.38. The second kappa shape index (κ2) is 7.28. The van der Waals surface area contributed by atoms with Crippen LogP contribution in [0.25, 0.3) is 0 Å². The van der Waals surface area contributed by atoms with Crippen LogP contribution in [0, 0.1) is 11.3 Å². The summed E-state index contributed by atoms with van der Waals surface area (Å²) in [4.78, 5) is 15.2. The number of hydrogen-bond acceptors (Lipinski definition) is 2. The highest BCUT2D eigenvalue weighted by Crippen LogP contribution is 2.35. The Bertz CT molecular complexity index is 282. The molecule has 0 aromatic rings. The zero-order chi connectivity index (χ0) is 14.5. The molecule has 1 fully saturated rings. The molecule has 1 rings (SSSR count). The number of hydrogen-bond donors (Lipinski definition) is 1. The van der Waals surface area contributed by atoms with Crippen molar-refractivity contribution in [3.63, 3.8) is 0 Å². The molecular formula is C16H32N2O. The fourth-order valence-corrected chi connectivity index (χ4v) is 3.63. The van der Waals surface area contributed by atoms with Gasteiger partial charge >= 0.3 is 0 Å². The zero-order valence-corrected chi connectivity index (χ0v) is 13.2. The molecule has 1 aliphatic heterocycles. The fourth-order valence-electron chi connectivity index (χ4n) is 3.63. The molecular weight excluding hydrogens is 236 g/mol. The SMILES string of the molecule is CCCC(CN)(CCC)C(=O)N1CCCC1C(C)C. The molecule has 19 heavy (non-hydrogen) atoms. The normalized spacial score (nSPS) is 20.3. The quantitative estimate of drug-likeness (QED) is 0.771. The minimum absolute atomic E-state index is 0.305. The second-order valence-corrected chi connectivity index (χ2v) is 6.44. The summed E-state index contributed by atoms with van der Waals surface area (Å²) in [6.07, 6.45) is 6.22. The van der Waals surface area contributed by atoms with Gasteiger partial charge in [-0.05, 0) is 31.6 Å². The molecule has 2 N–H and O–H groups in total. The molecule has 1 unspecified atom stereocenters. The average Bonchev–Trinajstić information content (AvgIpc) is 2.86. The van der Waals surface area contributed by atoms with Crippen LogP contribution < -0.4 is 5.73 Å². The molecule has 0 aromatic heterocycles. The van der Waals surface area contributed by atoms with Gasteiger partial charge in [-0.1, -0.05) is 40.5 Å². The molecule has 0 aliphatic carbocycles. The van der Waals surface area contributed by atoms with Crippen LogP contribution in [0.4, 0.5) is 0 Å². The summed E-state index contributed by atoms with van der Waals surface area (Å²) in [7, 11) is 0. The Morgan fingerprint density at radius 1 is 1.32 bits per heavy atom. The summed E-state index contributed by atoms with van der Waals surface area (Å²) in [6.45, 7) is 10.2. The molecule has 3 heteroatoms. The third-order valence-corrected chi connectivity index (χ3v) is 4.63. The van der Waals surface area contributed by atoms with Crippen molar-refractivity contribution in [3.05, 3.63) is 0 Å². The molecule has 0 saturated carbocycles. The predicted octanol–water partition coefficient (Wildman–Crippen LogP) is 3.18. The lowest BCUT2D eigenvalue weighted by Crippen LogP contribution is -2.50. The van der Waals surface area contributed by atoms with Crippen LogP contribution in [0.15, 0.2) is 0 Å². The van der Waals surface area contributed by atoms with Gasteiger partial charge in [0.25, 0.3) is 0 Å². The van der Waals surface area contributed by atoms with Crippen LogP contribution >= 0.6 is 0 Å². The highest BCUT2D eigenvalue weighted by molar-refractivity contribution is 5.83. The first-order valence-electron chi connectivity index (χ1n) is 8.03. The lowest BCUT2D eigenvalue weighted by atomic mass is 9.77. The van der Waals surface area contributed by atoms with Gasteiger partial charge in [0.15, 0.2) is 0 Å². The van der Waals surface area contributed by atoms with Crippen LogP contribution in [-0.4, -0.2) is 29.9 Å². The van der Waals surface area contributed by atoms with E-state index >= 15 is 0 Å². The summed E-state index contributed by atoms with van der Waals surface area (Å²) < 4.78 is 0. The molecule has 0 spiro atoms. The number of amides is 1. The van der Waals surface area contributed by atoms with E-state index in [4.69, 9.17) is 5.73 Å². The van der Waals surface area contributed by atoms with Crippen LogP contribution in [0.3, 0.4) is 0 Å².